The van der Waals surface area contributed by atoms with Crippen LogP contribution in [-0.2, 0) is 10.0 Å². The van der Waals surface area contributed by atoms with Crippen molar-refractivity contribution in [2.24, 2.45) is 4.40 Å². The molecule has 2 aromatic rings. The number of Topliss-reactive ketones (excluding diaryl/α,β-unsaturated/α-hetero) is 1. The van der Waals surface area contributed by atoms with E-state index in [1.165, 1.54) is 18.7 Å². The Labute approximate surface area is 160 Å². The van der Waals surface area contributed by atoms with E-state index in [9.17, 15) is 18.0 Å². The predicted molar refractivity (Wildman–Crippen MR) is 102 cm³/mol. The van der Waals surface area contributed by atoms with Gasteiger partial charge in [-0.05, 0) is 61.2 Å². The number of nitrogens with zero attached hydrogens (tertiary/aromatic N) is 2. The Kier molecular flexibility index (Phi) is 4.27. The van der Waals surface area contributed by atoms with Crippen LogP contribution in [0, 0.1) is 0 Å². The van der Waals surface area contributed by atoms with Gasteiger partial charge < -0.3 is 9.64 Å². The minimum absolute atomic E-state index is 0.0312. The highest BCUT2D eigenvalue weighted by Gasteiger charge is 2.33. The Bertz CT molecular complexity index is 1090. The van der Waals surface area contributed by atoms with Crippen molar-refractivity contribution in [1.29, 1.82) is 0 Å². The van der Waals surface area contributed by atoms with E-state index in [4.69, 9.17) is 4.74 Å². The Morgan fingerprint density at radius 2 is 1.81 bits per heavy atom. The lowest BCUT2D eigenvalue weighted by Gasteiger charge is -2.22. The maximum Gasteiger partial charge on any atom is 0.343 e. The number of sulfonamides is 1. The van der Waals surface area contributed by atoms with Gasteiger partial charge in [0.1, 0.15) is 5.75 Å². The van der Waals surface area contributed by atoms with Crippen LogP contribution in [0.5, 0.6) is 5.75 Å². The van der Waals surface area contributed by atoms with Crippen molar-refractivity contribution in [3.05, 3.63) is 53.6 Å². The number of hydrogen-bond acceptors (Lipinski definition) is 7. The van der Waals surface area contributed by atoms with Gasteiger partial charge in [0, 0.05) is 17.0 Å². The van der Waals surface area contributed by atoms with E-state index in [0.717, 1.165) is 10.6 Å². The van der Waals surface area contributed by atoms with E-state index in [-0.39, 0.29) is 11.5 Å². The Morgan fingerprint density at radius 1 is 1.11 bits per heavy atom. The van der Waals surface area contributed by atoms with Crippen LogP contribution in [0.25, 0.3) is 0 Å². The summed E-state index contributed by atoms with van der Waals surface area (Å²) in [4.78, 5) is 26.3. The van der Waals surface area contributed by atoms with Crippen molar-refractivity contribution in [2.75, 3.05) is 17.2 Å². The van der Waals surface area contributed by atoms with Crippen LogP contribution in [-0.4, -0.2) is 37.6 Å². The van der Waals surface area contributed by atoms with Gasteiger partial charge >= 0.3 is 5.97 Å². The van der Waals surface area contributed by atoms with Crippen molar-refractivity contribution < 1.29 is 22.7 Å². The molecule has 138 valence electrons. The molecular weight excluding hydrogens is 388 g/mol. The summed E-state index contributed by atoms with van der Waals surface area (Å²) in [6.45, 7) is 1.81. The number of ether oxygens (including phenoxy) is 1. The Morgan fingerprint density at radius 3 is 2.52 bits per heavy atom. The number of amidine groups is 1. The lowest BCUT2D eigenvalue weighted by molar-refractivity contribution is 0.0734. The molecule has 4 rings (SSSR count). The topological polar surface area (TPSA) is 93.1 Å². The van der Waals surface area contributed by atoms with Crippen LogP contribution < -0.4 is 9.64 Å². The molecule has 2 aliphatic heterocycles. The summed E-state index contributed by atoms with van der Waals surface area (Å²) in [5.74, 6) is -0.291. The zero-order chi connectivity index (χ0) is 19.2. The number of thioether (sulfide) groups is 1. The fraction of sp³-hybridized carbons (Fsp3) is 0.167. The summed E-state index contributed by atoms with van der Waals surface area (Å²) in [7, 11) is -3.42. The second-order valence-electron chi connectivity index (χ2n) is 6.07. The third kappa shape index (κ3) is 3.47. The first kappa shape index (κ1) is 17.7. The summed E-state index contributed by atoms with van der Waals surface area (Å²) in [5.41, 5.74) is 1.72. The van der Waals surface area contributed by atoms with Crippen LogP contribution in [0.2, 0.25) is 0 Å². The van der Waals surface area contributed by atoms with Crippen LogP contribution in [0.3, 0.4) is 0 Å². The number of hydrogen-bond donors (Lipinski definition) is 0. The SMILES string of the molecule is CC(=O)c1ccc(OC(=O)c2ccc3c(c2)SC2=NS(=O)(=O)CCN23)cc1. The van der Waals surface area contributed by atoms with E-state index >= 15 is 0 Å². The van der Waals surface area contributed by atoms with E-state index < -0.39 is 16.0 Å². The monoisotopic (exact) mass is 402 g/mol. The normalized spacial score (nSPS) is 16.9. The van der Waals surface area contributed by atoms with Gasteiger partial charge in [0.25, 0.3) is 10.0 Å². The van der Waals surface area contributed by atoms with Gasteiger partial charge in [0.05, 0.1) is 17.0 Å². The average molecular weight is 402 g/mol. The quantitative estimate of drug-likeness (QED) is 0.443. The molecule has 2 aromatic carbocycles. The molecule has 0 saturated heterocycles. The number of carbonyl (C=O) groups excluding carboxylic acids is 2. The molecule has 0 spiro atoms. The smallest absolute Gasteiger partial charge is 0.343 e. The zero-order valence-corrected chi connectivity index (χ0v) is 15.8. The minimum Gasteiger partial charge on any atom is -0.423 e. The number of fused-ring (bicyclic) bond motifs is 3. The van der Waals surface area contributed by atoms with Gasteiger partial charge in [-0.3, -0.25) is 4.79 Å². The van der Waals surface area contributed by atoms with Crippen LogP contribution >= 0.6 is 11.8 Å². The largest absolute Gasteiger partial charge is 0.423 e. The summed E-state index contributed by atoms with van der Waals surface area (Å²) < 4.78 is 32.5. The molecule has 0 amide bonds. The molecule has 0 saturated carbocycles. The first-order valence-corrected chi connectivity index (χ1v) is 10.5. The van der Waals surface area contributed by atoms with E-state index in [1.807, 2.05) is 4.90 Å². The van der Waals surface area contributed by atoms with Crippen LogP contribution in [0.1, 0.15) is 27.6 Å². The number of carbonyl (C=O) groups is 2. The van der Waals surface area contributed by atoms with E-state index in [1.54, 1.807) is 42.5 Å². The molecule has 0 unspecified atom stereocenters. The van der Waals surface area contributed by atoms with Gasteiger partial charge in [-0.25, -0.2) is 13.2 Å². The first-order valence-electron chi connectivity index (χ1n) is 8.08. The fourth-order valence-electron chi connectivity index (χ4n) is 2.78. The Hall–Kier alpha value is -2.65. The Balaban J connectivity index is 1.55. The number of benzene rings is 2. The molecule has 9 heteroatoms. The van der Waals surface area contributed by atoms with Crippen LogP contribution in [0.4, 0.5) is 5.69 Å². The third-order valence-corrected chi connectivity index (χ3v) is 6.49. The van der Waals surface area contributed by atoms with E-state index in [0.29, 0.717) is 28.6 Å². The van der Waals surface area contributed by atoms with Gasteiger partial charge in [-0.15, -0.1) is 4.40 Å². The van der Waals surface area contributed by atoms with Crippen LogP contribution in [0.15, 0.2) is 51.8 Å². The summed E-state index contributed by atoms with van der Waals surface area (Å²) in [6, 6.07) is 11.4. The molecular formula is C18H14N2O5S2. The lowest BCUT2D eigenvalue weighted by atomic mass is 10.1. The molecule has 0 aliphatic carbocycles. The van der Waals surface area contributed by atoms with Crippen molar-refractivity contribution in [1.82, 2.24) is 0 Å². The van der Waals surface area contributed by atoms with Gasteiger partial charge in [0.2, 0.25) is 0 Å². The molecule has 0 radical (unpaired) electrons. The third-order valence-electron chi connectivity index (χ3n) is 4.18. The molecule has 27 heavy (non-hydrogen) atoms. The predicted octanol–water partition coefficient (Wildman–Crippen LogP) is 2.72. The summed E-state index contributed by atoms with van der Waals surface area (Å²) in [6.07, 6.45) is 0. The average Bonchev–Trinajstić information content (AvgIpc) is 2.97. The highest BCUT2D eigenvalue weighted by Crippen LogP contribution is 2.42. The van der Waals surface area contributed by atoms with Crippen molar-refractivity contribution in [3.63, 3.8) is 0 Å². The number of ketones is 1. The standard InChI is InChI=1S/C18H14N2O5S2/c1-11(21)12-2-5-14(6-3-12)25-17(22)13-4-7-15-16(10-13)26-18-19-27(23,24)9-8-20(15)18/h2-7,10H,8-9H2,1H3. The van der Waals surface area contributed by atoms with Crippen molar-refractivity contribution >= 4 is 44.4 Å². The molecule has 0 atom stereocenters. The van der Waals surface area contributed by atoms with Gasteiger partial charge in [-0.1, -0.05) is 0 Å². The molecule has 7 nitrogen and oxygen atoms in total. The first-order chi connectivity index (χ1) is 12.8. The second kappa shape index (κ2) is 6.50. The fourth-order valence-corrected chi connectivity index (χ4v) is 5.08. The molecule has 0 aromatic heterocycles. The van der Waals surface area contributed by atoms with Gasteiger partial charge in [-0.2, -0.15) is 0 Å². The molecule has 2 aliphatic rings. The highest BCUT2D eigenvalue weighted by atomic mass is 32.2. The molecule has 0 N–H and O–H groups in total. The maximum absolute atomic E-state index is 12.4. The van der Waals surface area contributed by atoms with Crippen molar-refractivity contribution in [2.45, 2.75) is 11.8 Å². The van der Waals surface area contributed by atoms with Crippen molar-refractivity contribution in [3.8, 4) is 5.75 Å². The highest BCUT2D eigenvalue weighted by molar-refractivity contribution is 8.15. The summed E-state index contributed by atoms with van der Waals surface area (Å²) in [5, 5.41) is 0.404. The number of rotatable bonds is 3. The molecule has 0 fully saturated rings. The number of esters is 1. The second-order valence-corrected chi connectivity index (χ2v) is 8.83. The minimum atomic E-state index is -3.42. The maximum atomic E-state index is 12.4. The molecule has 2 heterocycles. The lowest BCUT2D eigenvalue weighted by Crippen LogP contribution is -2.35. The number of anilines is 1. The van der Waals surface area contributed by atoms with E-state index in [2.05, 4.69) is 4.40 Å². The zero-order valence-electron chi connectivity index (χ0n) is 14.2. The summed E-state index contributed by atoms with van der Waals surface area (Å²) >= 11 is 1.22. The van der Waals surface area contributed by atoms with Gasteiger partial charge in [0.15, 0.2) is 11.0 Å². The molecule has 0 bridgehead atoms.